The number of carbonyl (C=O) groups excluding carboxylic acids is 1. The fraction of sp³-hybridized carbons (Fsp3) is 0.364. The molecule has 0 aliphatic rings. The minimum atomic E-state index is 0.539. The van der Waals surface area contributed by atoms with Gasteiger partial charge in [0.05, 0.1) is 14.2 Å². The zero-order valence-corrected chi connectivity index (χ0v) is 9.19. The number of hydrogen-bond acceptors (Lipinski definition) is 3. The molecule has 0 radical (unpaired) electrons. The standard InChI is InChI=1S/C11H15NO3/c1-12(8-13)7-9-4-10(14-2)6-11(5-9)15-3/h4-6,8H,7H2,1-3H3. The first-order valence-electron chi connectivity index (χ1n) is 4.57. The minimum absolute atomic E-state index is 0.539. The second-order valence-electron chi connectivity index (χ2n) is 3.24. The summed E-state index contributed by atoms with van der Waals surface area (Å²) in [6.07, 6.45) is 0.784. The predicted molar refractivity (Wildman–Crippen MR) is 57.1 cm³/mol. The minimum Gasteiger partial charge on any atom is -0.497 e. The molecule has 0 aromatic heterocycles. The molecule has 0 unspecified atom stereocenters. The monoisotopic (exact) mass is 209 g/mol. The Labute approximate surface area is 89.4 Å². The van der Waals surface area contributed by atoms with Gasteiger partial charge in [0.1, 0.15) is 11.5 Å². The summed E-state index contributed by atoms with van der Waals surface area (Å²) in [6, 6.07) is 5.55. The number of nitrogens with zero attached hydrogens (tertiary/aromatic N) is 1. The molecular formula is C11H15NO3. The van der Waals surface area contributed by atoms with E-state index in [2.05, 4.69) is 0 Å². The maximum absolute atomic E-state index is 10.5. The van der Waals surface area contributed by atoms with E-state index in [-0.39, 0.29) is 0 Å². The SMILES string of the molecule is COc1cc(CN(C)C=O)cc(OC)c1. The molecule has 4 nitrogen and oxygen atoms in total. The third-order valence-electron chi connectivity index (χ3n) is 2.02. The largest absolute Gasteiger partial charge is 0.497 e. The van der Waals surface area contributed by atoms with Crippen molar-refractivity contribution in [1.82, 2.24) is 4.90 Å². The molecule has 0 aliphatic carbocycles. The molecule has 4 heteroatoms. The lowest BCUT2D eigenvalue weighted by Crippen LogP contribution is -2.14. The molecule has 1 aromatic carbocycles. The first-order chi connectivity index (χ1) is 7.19. The molecule has 0 spiro atoms. The normalized spacial score (nSPS) is 9.53. The number of hydrogen-bond donors (Lipinski definition) is 0. The lowest BCUT2D eigenvalue weighted by molar-refractivity contribution is -0.117. The van der Waals surface area contributed by atoms with E-state index in [1.165, 1.54) is 0 Å². The van der Waals surface area contributed by atoms with Gasteiger partial charge in [-0.3, -0.25) is 4.79 Å². The number of methoxy groups -OCH3 is 2. The summed E-state index contributed by atoms with van der Waals surface area (Å²) in [5.74, 6) is 1.45. The van der Waals surface area contributed by atoms with Crippen LogP contribution < -0.4 is 9.47 Å². The smallest absolute Gasteiger partial charge is 0.209 e. The van der Waals surface area contributed by atoms with Crippen LogP contribution in [0.3, 0.4) is 0 Å². The summed E-state index contributed by atoms with van der Waals surface area (Å²) < 4.78 is 10.3. The molecule has 0 saturated carbocycles. The molecule has 1 aromatic rings. The Hall–Kier alpha value is -1.71. The predicted octanol–water partition coefficient (Wildman–Crippen LogP) is 1.29. The van der Waals surface area contributed by atoms with E-state index in [4.69, 9.17) is 9.47 Å². The van der Waals surface area contributed by atoms with Gasteiger partial charge in [0.15, 0.2) is 0 Å². The molecule has 1 amide bonds. The maximum atomic E-state index is 10.5. The summed E-state index contributed by atoms with van der Waals surface area (Å²) in [5.41, 5.74) is 0.973. The van der Waals surface area contributed by atoms with Crippen molar-refractivity contribution < 1.29 is 14.3 Å². The van der Waals surface area contributed by atoms with E-state index in [1.54, 1.807) is 32.2 Å². The van der Waals surface area contributed by atoms with Crippen LogP contribution in [-0.2, 0) is 11.3 Å². The third kappa shape index (κ3) is 3.16. The van der Waals surface area contributed by atoms with Crippen LogP contribution in [0.2, 0.25) is 0 Å². The molecule has 0 atom stereocenters. The maximum Gasteiger partial charge on any atom is 0.209 e. The van der Waals surface area contributed by atoms with Gasteiger partial charge in [-0.05, 0) is 17.7 Å². The van der Waals surface area contributed by atoms with E-state index in [0.29, 0.717) is 6.54 Å². The van der Waals surface area contributed by atoms with Crippen LogP contribution in [-0.4, -0.2) is 32.6 Å². The molecule has 0 heterocycles. The molecule has 0 aliphatic heterocycles. The highest BCUT2D eigenvalue weighted by Crippen LogP contribution is 2.22. The number of ether oxygens (including phenoxy) is 2. The van der Waals surface area contributed by atoms with Crippen LogP contribution >= 0.6 is 0 Å². The topological polar surface area (TPSA) is 38.8 Å². The van der Waals surface area contributed by atoms with Gasteiger partial charge in [0.25, 0.3) is 0 Å². The second-order valence-corrected chi connectivity index (χ2v) is 3.24. The van der Waals surface area contributed by atoms with Crippen molar-refractivity contribution in [2.45, 2.75) is 6.54 Å². The highest BCUT2D eigenvalue weighted by Gasteiger charge is 2.03. The first kappa shape index (κ1) is 11.4. The Morgan fingerprint density at radius 3 is 2.13 bits per heavy atom. The van der Waals surface area contributed by atoms with Crippen LogP contribution in [0, 0.1) is 0 Å². The summed E-state index contributed by atoms with van der Waals surface area (Å²) in [7, 11) is 4.92. The first-order valence-corrected chi connectivity index (χ1v) is 4.57. The van der Waals surface area contributed by atoms with E-state index in [0.717, 1.165) is 23.5 Å². The average Bonchev–Trinajstić information content (AvgIpc) is 2.28. The molecule has 15 heavy (non-hydrogen) atoms. The van der Waals surface area contributed by atoms with Gasteiger partial charge in [-0.1, -0.05) is 0 Å². The Balaban J connectivity index is 2.91. The number of rotatable bonds is 5. The Morgan fingerprint density at radius 2 is 1.73 bits per heavy atom. The number of amides is 1. The lowest BCUT2D eigenvalue weighted by atomic mass is 10.2. The van der Waals surface area contributed by atoms with Crippen LogP contribution in [0.5, 0.6) is 11.5 Å². The van der Waals surface area contributed by atoms with Gasteiger partial charge in [0, 0.05) is 19.7 Å². The highest BCUT2D eigenvalue weighted by atomic mass is 16.5. The fourth-order valence-electron chi connectivity index (χ4n) is 1.28. The number of carbonyl (C=O) groups is 1. The van der Waals surface area contributed by atoms with Crippen LogP contribution in [0.1, 0.15) is 5.56 Å². The zero-order valence-electron chi connectivity index (χ0n) is 9.19. The Bertz CT molecular complexity index is 316. The molecular weight excluding hydrogens is 194 g/mol. The third-order valence-corrected chi connectivity index (χ3v) is 2.02. The average molecular weight is 209 g/mol. The van der Waals surface area contributed by atoms with E-state index >= 15 is 0 Å². The van der Waals surface area contributed by atoms with Crippen molar-refractivity contribution in [1.29, 1.82) is 0 Å². The van der Waals surface area contributed by atoms with E-state index in [9.17, 15) is 4.79 Å². The van der Waals surface area contributed by atoms with Gasteiger partial charge in [0.2, 0.25) is 6.41 Å². The van der Waals surface area contributed by atoms with Gasteiger partial charge < -0.3 is 14.4 Å². The summed E-state index contributed by atoms with van der Waals surface area (Å²) in [4.78, 5) is 12.0. The number of benzene rings is 1. The molecule has 0 saturated heterocycles. The van der Waals surface area contributed by atoms with Crippen LogP contribution in [0.25, 0.3) is 0 Å². The fourth-order valence-corrected chi connectivity index (χ4v) is 1.28. The van der Waals surface area contributed by atoms with Gasteiger partial charge >= 0.3 is 0 Å². The van der Waals surface area contributed by atoms with Crippen LogP contribution in [0.4, 0.5) is 0 Å². The molecule has 0 bridgehead atoms. The highest BCUT2D eigenvalue weighted by molar-refractivity contribution is 5.47. The summed E-state index contributed by atoms with van der Waals surface area (Å²) >= 11 is 0. The lowest BCUT2D eigenvalue weighted by Gasteiger charge is -2.12. The van der Waals surface area contributed by atoms with Gasteiger partial charge in [-0.25, -0.2) is 0 Å². The zero-order chi connectivity index (χ0) is 11.3. The van der Waals surface area contributed by atoms with E-state index < -0.39 is 0 Å². The van der Waals surface area contributed by atoms with Crippen molar-refractivity contribution >= 4 is 6.41 Å². The van der Waals surface area contributed by atoms with Crippen molar-refractivity contribution in [2.75, 3.05) is 21.3 Å². The molecule has 82 valence electrons. The molecule has 1 rings (SSSR count). The summed E-state index contributed by atoms with van der Waals surface area (Å²) in [5, 5.41) is 0. The van der Waals surface area contributed by atoms with Crippen LogP contribution in [0.15, 0.2) is 18.2 Å². The van der Waals surface area contributed by atoms with Crippen molar-refractivity contribution in [3.8, 4) is 11.5 Å². The Morgan fingerprint density at radius 1 is 1.20 bits per heavy atom. The van der Waals surface area contributed by atoms with E-state index in [1.807, 2.05) is 12.1 Å². The Kier molecular flexibility index (Phi) is 3.97. The second kappa shape index (κ2) is 5.24. The van der Waals surface area contributed by atoms with Crippen molar-refractivity contribution in [3.63, 3.8) is 0 Å². The summed E-state index contributed by atoms with van der Waals surface area (Å²) in [6.45, 7) is 0.539. The molecule has 0 fully saturated rings. The van der Waals surface area contributed by atoms with Gasteiger partial charge in [-0.15, -0.1) is 0 Å². The molecule has 0 N–H and O–H groups in total. The van der Waals surface area contributed by atoms with Crippen molar-refractivity contribution in [3.05, 3.63) is 23.8 Å². The quantitative estimate of drug-likeness (QED) is 0.686. The van der Waals surface area contributed by atoms with Crippen molar-refractivity contribution in [2.24, 2.45) is 0 Å². The van der Waals surface area contributed by atoms with Gasteiger partial charge in [-0.2, -0.15) is 0 Å².